The minimum absolute atomic E-state index is 0.0167. The number of carbonyl (C=O) groups is 1. The predicted molar refractivity (Wildman–Crippen MR) is 125 cm³/mol. The third-order valence-corrected chi connectivity index (χ3v) is 6.78. The maximum atomic E-state index is 13.0. The molecule has 31 heavy (non-hydrogen) atoms. The molecule has 0 aliphatic carbocycles. The van der Waals surface area contributed by atoms with Crippen molar-refractivity contribution in [2.24, 2.45) is 5.92 Å². The molecule has 1 N–H and O–H groups in total. The number of thioether (sulfide) groups is 1. The molecule has 3 heterocycles. The summed E-state index contributed by atoms with van der Waals surface area (Å²) in [5.41, 5.74) is 2.66. The number of ether oxygens (including phenoxy) is 1. The van der Waals surface area contributed by atoms with E-state index in [-0.39, 0.29) is 5.91 Å². The number of nitrogens with zero attached hydrogens (tertiary/aromatic N) is 3. The number of hydrogen-bond donors (Lipinski definition) is 1. The Labute approximate surface area is 188 Å². The Bertz CT molecular complexity index is 980. The van der Waals surface area contributed by atoms with Crippen LogP contribution >= 0.6 is 11.8 Å². The quantitative estimate of drug-likeness (QED) is 0.544. The molecule has 1 amide bonds. The number of imidazole rings is 1. The lowest BCUT2D eigenvalue weighted by Crippen LogP contribution is -2.51. The number of benzene rings is 1. The van der Waals surface area contributed by atoms with E-state index >= 15 is 0 Å². The smallest absolute Gasteiger partial charge is 0.252 e. The van der Waals surface area contributed by atoms with Crippen LogP contribution < -0.4 is 5.32 Å². The van der Waals surface area contributed by atoms with Gasteiger partial charge in [0.2, 0.25) is 0 Å². The fraction of sp³-hybridized carbons (Fsp3) is 0.417. The summed E-state index contributed by atoms with van der Waals surface area (Å²) in [6.45, 7) is 8.44. The number of nitrogens with one attached hydrogen (secondary N) is 1. The van der Waals surface area contributed by atoms with Gasteiger partial charge >= 0.3 is 0 Å². The van der Waals surface area contributed by atoms with Crippen molar-refractivity contribution < 1.29 is 9.53 Å². The number of aromatic nitrogens is 2. The predicted octanol–water partition coefficient (Wildman–Crippen LogP) is 3.71. The van der Waals surface area contributed by atoms with Crippen LogP contribution in [0.4, 0.5) is 0 Å². The number of morpholine rings is 1. The lowest BCUT2D eigenvalue weighted by molar-refractivity contribution is 0.00672. The molecule has 164 valence electrons. The van der Waals surface area contributed by atoms with Crippen LogP contribution in [-0.4, -0.2) is 59.1 Å². The van der Waals surface area contributed by atoms with Gasteiger partial charge in [0, 0.05) is 48.7 Å². The summed E-state index contributed by atoms with van der Waals surface area (Å²) < 4.78 is 7.50. The van der Waals surface area contributed by atoms with E-state index in [4.69, 9.17) is 4.74 Å². The largest absolute Gasteiger partial charge is 0.379 e. The van der Waals surface area contributed by atoms with Crippen molar-refractivity contribution in [1.82, 2.24) is 19.6 Å². The maximum absolute atomic E-state index is 13.0. The van der Waals surface area contributed by atoms with Gasteiger partial charge in [-0.3, -0.25) is 9.69 Å². The first-order valence-electron chi connectivity index (χ1n) is 10.9. The number of carbonyl (C=O) groups excluding carboxylic acids is 1. The Morgan fingerprint density at radius 1 is 1.16 bits per heavy atom. The molecule has 1 saturated heterocycles. The second kappa shape index (κ2) is 10.3. The van der Waals surface area contributed by atoms with Gasteiger partial charge in [0.05, 0.1) is 24.5 Å². The minimum Gasteiger partial charge on any atom is -0.379 e. The minimum atomic E-state index is -0.0167. The van der Waals surface area contributed by atoms with Crippen molar-refractivity contribution in [3.8, 4) is 0 Å². The SMILES string of the molecule is CC(C)C(CNC(=O)c1ccccc1SCc1cn2ccccc2n1)N1CCOCC1. The molecule has 2 aromatic heterocycles. The Kier molecular flexibility index (Phi) is 7.27. The fourth-order valence-corrected chi connectivity index (χ4v) is 4.91. The van der Waals surface area contributed by atoms with E-state index in [2.05, 4.69) is 29.0 Å². The molecular weight excluding hydrogens is 408 g/mol. The Balaban J connectivity index is 1.40. The third kappa shape index (κ3) is 5.47. The molecule has 1 aliphatic heterocycles. The van der Waals surface area contributed by atoms with Gasteiger partial charge in [0.25, 0.3) is 5.91 Å². The van der Waals surface area contributed by atoms with Crippen LogP contribution in [0.25, 0.3) is 5.65 Å². The molecule has 1 aliphatic rings. The van der Waals surface area contributed by atoms with Crippen LogP contribution in [0.5, 0.6) is 0 Å². The molecule has 0 saturated carbocycles. The molecular formula is C24H30N4O2S. The molecule has 6 nitrogen and oxygen atoms in total. The highest BCUT2D eigenvalue weighted by Crippen LogP contribution is 2.26. The van der Waals surface area contributed by atoms with Crippen LogP contribution in [0.1, 0.15) is 29.9 Å². The lowest BCUT2D eigenvalue weighted by Gasteiger charge is -2.37. The second-order valence-electron chi connectivity index (χ2n) is 8.15. The van der Waals surface area contributed by atoms with E-state index in [0.717, 1.165) is 48.1 Å². The zero-order chi connectivity index (χ0) is 21.6. The second-order valence-corrected chi connectivity index (χ2v) is 9.17. The van der Waals surface area contributed by atoms with E-state index in [0.29, 0.717) is 24.3 Å². The molecule has 4 rings (SSSR count). The Hall–Kier alpha value is -2.35. The van der Waals surface area contributed by atoms with E-state index in [1.807, 2.05) is 59.3 Å². The summed E-state index contributed by atoms with van der Waals surface area (Å²) >= 11 is 1.65. The number of amides is 1. The molecule has 3 aromatic rings. The highest BCUT2D eigenvalue weighted by atomic mass is 32.2. The van der Waals surface area contributed by atoms with Crippen LogP contribution in [0.15, 0.2) is 59.8 Å². The van der Waals surface area contributed by atoms with Crippen LogP contribution in [0.2, 0.25) is 0 Å². The van der Waals surface area contributed by atoms with E-state index in [1.165, 1.54) is 0 Å². The van der Waals surface area contributed by atoms with Gasteiger partial charge in [-0.15, -0.1) is 11.8 Å². The average Bonchev–Trinajstić information content (AvgIpc) is 3.21. The Morgan fingerprint density at radius 2 is 1.94 bits per heavy atom. The molecule has 1 atom stereocenters. The van der Waals surface area contributed by atoms with Gasteiger partial charge in [0.15, 0.2) is 0 Å². The van der Waals surface area contributed by atoms with Crippen molar-refractivity contribution in [2.45, 2.75) is 30.5 Å². The summed E-state index contributed by atoms with van der Waals surface area (Å²) in [7, 11) is 0. The molecule has 1 aromatic carbocycles. The standard InChI is InChI=1S/C24H30N4O2S/c1-18(2)21(27-11-13-30-14-12-27)15-25-24(29)20-7-3-4-8-22(20)31-17-19-16-28-10-6-5-9-23(28)26-19/h3-10,16,18,21H,11-15,17H2,1-2H3,(H,25,29). The average molecular weight is 439 g/mol. The van der Waals surface area contributed by atoms with Gasteiger partial charge in [-0.05, 0) is 30.2 Å². The summed E-state index contributed by atoms with van der Waals surface area (Å²) in [6, 6.07) is 14.1. The Morgan fingerprint density at radius 3 is 2.71 bits per heavy atom. The van der Waals surface area contributed by atoms with E-state index in [9.17, 15) is 4.79 Å². The highest BCUT2D eigenvalue weighted by Gasteiger charge is 2.24. The number of fused-ring (bicyclic) bond motifs is 1. The van der Waals surface area contributed by atoms with Gasteiger partial charge < -0.3 is 14.5 Å². The van der Waals surface area contributed by atoms with Gasteiger partial charge in [-0.25, -0.2) is 4.98 Å². The zero-order valence-corrected chi connectivity index (χ0v) is 19.0. The van der Waals surface area contributed by atoms with E-state index < -0.39 is 0 Å². The first-order chi connectivity index (χ1) is 15.1. The molecule has 0 radical (unpaired) electrons. The number of rotatable bonds is 8. The highest BCUT2D eigenvalue weighted by molar-refractivity contribution is 7.98. The summed E-state index contributed by atoms with van der Waals surface area (Å²) in [6.07, 6.45) is 4.04. The van der Waals surface area contributed by atoms with Crippen molar-refractivity contribution in [3.63, 3.8) is 0 Å². The number of pyridine rings is 1. The molecule has 1 fully saturated rings. The lowest BCUT2D eigenvalue weighted by atomic mass is 10.0. The monoisotopic (exact) mass is 438 g/mol. The topological polar surface area (TPSA) is 58.9 Å². The van der Waals surface area contributed by atoms with Crippen LogP contribution in [0, 0.1) is 5.92 Å². The molecule has 0 spiro atoms. The molecule has 7 heteroatoms. The normalized spacial score (nSPS) is 16.0. The van der Waals surface area contributed by atoms with Crippen LogP contribution in [-0.2, 0) is 10.5 Å². The van der Waals surface area contributed by atoms with Crippen molar-refractivity contribution in [2.75, 3.05) is 32.8 Å². The van der Waals surface area contributed by atoms with Gasteiger partial charge in [0.1, 0.15) is 5.65 Å². The third-order valence-electron chi connectivity index (χ3n) is 5.68. The van der Waals surface area contributed by atoms with Crippen molar-refractivity contribution >= 4 is 23.3 Å². The maximum Gasteiger partial charge on any atom is 0.252 e. The van der Waals surface area contributed by atoms with Crippen molar-refractivity contribution in [1.29, 1.82) is 0 Å². The summed E-state index contributed by atoms with van der Waals surface area (Å²) in [5.74, 6) is 1.16. The molecule has 1 unspecified atom stereocenters. The first kappa shape index (κ1) is 21.9. The van der Waals surface area contributed by atoms with Crippen molar-refractivity contribution in [3.05, 3.63) is 66.1 Å². The summed E-state index contributed by atoms with van der Waals surface area (Å²) in [4.78, 5) is 21.1. The zero-order valence-electron chi connectivity index (χ0n) is 18.2. The fourth-order valence-electron chi connectivity index (χ4n) is 3.98. The number of hydrogen-bond acceptors (Lipinski definition) is 5. The molecule has 0 bridgehead atoms. The van der Waals surface area contributed by atoms with Crippen LogP contribution in [0.3, 0.4) is 0 Å². The van der Waals surface area contributed by atoms with Gasteiger partial charge in [-0.2, -0.15) is 0 Å². The van der Waals surface area contributed by atoms with E-state index in [1.54, 1.807) is 11.8 Å². The van der Waals surface area contributed by atoms with Gasteiger partial charge in [-0.1, -0.05) is 32.0 Å². The first-order valence-corrected chi connectivity index (χ1v) is 11.8. The summed E-state index contributed by atoms with van der Waals surface area (Å²) in [5, 5.41) is 3.18.